The van der Waals surface area contributed by atoms with Crippen molar-refractivity contribution in [2.24, 2.45) is 0 Å². The van der Waals surface area contributed by atoms with Crippen LogP contribution < -0.4 is 3.71 Å². The zero-order valence-corrected chi connectivity index (χ0v) is 18.1. The highest BCUT2D eigenvalue weighted by molar-refractivity contribution is 8.10. The summed E-state index contributed by atoms with van der Waals surface area (Å²) in [5.74, 6) is -0.437. The quantitative estimate of drug-likeness (QED) is 0.418. The Morgan fingerprint density at radius 3 is 1.56 bits per heavy atom. The first-order chi connectivity index (χ1) is 15.4. The largest absolute Gasteiger partial charge is 0.437 e. The van der Waals surface area contributed by atoms with Gasteiger partial charge in [-0.25, -0.2) is 0 Å². The summed E-state index contributed by atoms with van der Waals surface area (Å²) in [5.41, 5.74) is 0.326. The van der Waals surface area contributed by atoms with E-state index in [9.17, 15) is 22.1 Å². The van der Waals surface area contributed by atoms with Crippen LogP contribution in [0, 0.1) is 11.3 Å². The van der Waals surface area contributed by atoms with Gasteiger partial charge in [-0.15, -0.1) is 3.71 Å². The summed E-state index contributed by atoms with van der Waals surface area (Å²) in [5, 5.41) is 9.67. The lowest BCUT2D eigenvalue weighted by Crippen LogP contribution is -2.37. The molecule has 0 fully saturated rings. The van der Waals surface area contributed by atoms with E-state index >= 15 is 0 Å². The minimum Gasteiger partial charge on any atom is -0.437 e. The van der Waals surface area contributed by atoms with Gasteiger partial charge in [0, 0.05) is 11.6 Å². The fourth-order valence-corrected chi connectivity index (χ4v) is 6.71. The molecule has 0 amide bonds. The first-order valence-electron chi connectivity index (χ1n) is 9.35. The highest BCUT2D eigenvalue weighted by Crippen LogP contribution is 2.37. The number of benzene rings is 3. The minimum absolute atomic E-state index is 0.161. The molecule has 1 heterocycles. The molecule has 3 aromatic carbocycles. The molecular weight excluding hydrogens is 448 g/mol. The standard InChI is InChI=1S/C23H16N2O5S2/c24-17-19-16-22(18-10-4-1-5-11-18)30-23(19)25(31(26,27)20-12-6-2-7-13-20)32(28,29)21-14-8-3-9-15-21/h1-16H. The van der Waals surface area contributed by atoms with Crippen LogP contribution in [0.4, 0.5) is 5.88 Å². The Bertz CT molecular complexity index is 1420. The molecule has 0 spiro atoms. The summed E-state index contributed by atoms with van der Waals surface area (Å²) < 4.78 is 60.1. The van der Waals surface area contributed by atoms with Gasteiger partial charge in [0.05, 0.1) is 9.79 Å². The van der Waals surface area contributed by atoms with Crippen molar-refractivity contribution in [3.63, 3.8) is 0 Å². The van der Waals surface area contributed by atoms with Crippen LogP contribution in [-0.2, 0) is 20.0 Å². The summed E-state index contributed by atoms with van der Waals surface area (Å²) in [7, 11) is -9.32. The third-order valence-corrected chi connectivity index (χ3v) is 8.69. The third-order valence-electron chi connectivity index (χ3n) is 4.58. The van der Waals surface area contributed by atoms with Crippen LogP contribution in [0.25, 0.3) is 11.3 Å². The Labute approximate surface area is 185 Å². The molecule has 4 aromatic rings. The van der Waals surface area contributed by atoms with E-state index in [1.165, 1.54) is 54.6 Å². The molecule has 4 rings (SSSR count). The molecule has 0 saturated carbocycles. The number of furan rings is 1. The van der Waals surface area contributed by atoms with Crippen LogP contribution in [-0.4, -0.2) is 16.8 Å². The number of sulfonamides is 2. The lowest BCUT2D eigenvalue weighted by molar-refractivity contribution is 0.561. The zero-order valence-electron chi connectivity index (χ0n) is 16.5. The molecule has 1 aromatic heterocycles. The number of nitrogens with zero attached hydrogens (tertiary/aromatic N) is 2. The number of rotatable bonds is 6. The van der Waals surface area contributed by atoms with E-state index in [1.807, 2.05) is 6.07 Å². The van der Waals surface area contributed by atoms with Gasteiger partial charge in [0.2, 0.25) is 5.88 Å². The molecule has 0 bridgehead atoms. The van der Waals surface area contributed by atoms with Gasteiger partial charge in [-0.2, -0.15) is 22.1 Å². The Morgan fingerprint density at radius 2 is 1.12 bits per heavy atom. The van der Waals surface area contributed by atoms with Gasteiger partial charge >= 0.3 is 0 Å². The normalized spacial score (nSPS) is 11.6. The maximum absolute atomic E-state index is 13.5. The Balaban J connectivity index is 2.00. The summed E-state index contributed by atoms with van der Waals surface area (Å²) >= 11 is 0. The molecule has 9 heteroatoms. The molecule has 0 aliphatic rings. The predicted octanol–water partition coefficient (Wildman–Crippen LogP) is 4.40. The van der Waals surface area contributed by atoms with Crippen LogP contribution >= 0.6 is 0 Å². The number of nitriles is 1. The summed E-state index contributed by atoms with van der Waals surface area (Å²) in [6.07, 6.45) is 0. The molecule has 0 saturated heterocycles. The van der Waals surface area contributed by atoms with E-state index in [0.717, 1.165) is 0 Å². The van der Waals surface area contributed by atoms with E-state index in [2.05, 4.69) is 0 Å². The molecule has 0 aliphatic heterocycles. The topological polar surface area (TPSA) is 108 Å². The van der Waals surface area contributed by atoms with Gasteiger partial charge in [0.15, 0.2) is 0 Å². The molecule has 0 unspecified atom stereocenters. The van der Waals surface area contributed by atoms with Crippen LogP contribution in [0.5, 0.6) is 0 Å². The number of hydrogen-bond donors (Lipinski definition) is 0. The van der Waals surface area contributed by atoms with E-state index in [1.54, 1.807) is 42.5 Å². The molecule has 0 radical (unpaired) electrons. The Morgan fingerprint density at radius 1 is 0.688 bits per heavy atom. The number of hydrogen-bond acceptors (Lipinski definition) is 6. The van der Waals surface area contributed by atoms with Gasteiger partial charge in [0.25, 0.3) is 20.0 Å². The van der Waals surface area contributed by atoms with Crippen molar-refractivity contribution < 1.29 is 21.3 Å². The van der Waals surface area contributed by atoms with Crippen molar-refractivity contribution in [1.29, 1.82) is 5.26 Å². The van der Waals surface area contributed by atoms with Gasteiger partial charge in [-0.1, -0.05) is 66.7 Å². The van der Waals surface area contributed by atoms with E-state index < -0.39 is 25.9 Å². The minimum atomic E-state index is -4.66. The van der Waals surface area contributed by atoms with Crippen LogP contribution in [0.1, 0.15) is 5.56 Å². The smallest absolute Gasteiger partial charge is 0.280 e. The second-order valence-corrected chi connectivity index (χ2v) is 10.4. The molecule has 160 valence electrons. The molecule has 32 heavy (non-hydrogen) atoms. The SMILES string of the molecule is N#Cc1cc(-c2ccccc2)oc1N(S(=O)(=O)c1ccccc1)S(=O)(=O)c1ccccc1. The zero-order chi connectivity index (χ0) is 22.8. The van der Waals surface area contributed by atoms with Crippen LogP contribution in [0.3, 0.4) is 0 Å². The van der Waals surface area contributed by atoms with Crippen molar-refractivity contribution >= 4 is 25.9 Å². The average molecular weight is 465 g/mol. The van der Waals surface area contributed by atoms with Crippen molar-refractivity contribution in [3.05, 3.63) is 103 Å². The summed E-state index contributed by atoms with van der Waals surface area (Å²) in [6, 6.07) is 26.0. The summed E-state index contributed by atoms with van der Waals surface area (Å²) in [4.78, 5) is -0.526. The first kappa shape index (κ1) is 21.4. The van der Waals surface area contributed by atoms with Crippen molar-refractivity contribution in [3.8, 4) is 17.4 Å². The fourth-order valence-electron chi connectivity index (χ4n) is 3.07. The van der Waals surface area contributed by atoms with E-state index in [-0.39, 0.29) is 24.8 Å². The van der Waals surface area contributed by atoms with E-state index in [4.69, 9.17) is 4.42 Å². The monoisotopic (exact) mass is 464 g/mol. The van der Waals surface area contributed by atoms with Gasteiger partial charge in [0.1, 0.15) is 17.4 Å². The van der Waals surface area contributed by atoms with Gasteiger partial charge < -0.3 is 4.42 Å². The molecule has 7 nitrogen and oxygen atoms in total. The molecular formula is C23H16N2O5S2. The molecule has 0 N–H and O–H groups in total. The van der Waals surface area contributed by atoms with Crippen molar-refractivity contribution in [2.45, 2.75) is 9.79 Å². The Kier molecular flexibility index (Phi) is 5.57. The Hall–Kier alpha value is -3.87. The average Bonchev–Trinajstić information content (AvgIpc) is 3.24. The maximum atomic E-state index is 13.5. The number of anilines is 1. The first-order valence-corrected chi connectivity index (χ1v) is 12.2. The van der Waals surface area contributed by atoms with Crippen LogP contribution in [0.2, 0.25) is 0 Å². The lowest BCUT2D eigenvalue weighted by atomic mass is 10.1. The van der Waals surface area contributed by atoms with Crippen LogP contribution in [0.15, 0.2) is 111 Å². The molecule has 0 atom stereocenters. The highest BCUT2D eigenvalue weighted by Gasteiger charge is 2.41. The van der Waals surface area contributed by atoms with Crippen molar-refractivity contribution in [2.75, 3.05) is 3.71 Å². The second kappa shape index (κ2) is 8.34. The second-order valence-electron chi connectivity index (χ2n) is 6.64. The summed E-state index contributed by atoms with van der Waals surface area (Å²) in [6.45, 7) is 0. The van der Waals surface area contributed by atoms with Crippen molar-refractivity contribution in [1.82, 2.24) is 0 Å². The fraction of sp³-hybridized carbons (Fsp3) is 0. The lowest BCUT2D eigenvalue weighted by Gasteiger charge is -2.22. The molecule has 0 aliphatic carbocycles. The van der Waals surface area contributed by atoms with Gasteiger partial charge in [-0.3, -0.25) is 0 Å². The van der Waals surface area contributed by atoms with E-state index in [0.29, 0.717) is 5.56 Å². The predicted molar refractivity (Wildman–Crippen MR) is 119 cm³/mol. The highest BCUT2D eigenvalue weighted by atomic mass is 32.3. The maximum Gasteiger partial charge on any atom is 0.280 e. The third kappa shape index (κ3) is 3.77. The van der Waals surface area contributed by atoms with Gasteiger partial charge in [-0.05, 0) is 24.3 Å².